The molecule has 0 bridgehead atoms. The second-order valence-corrected chi connectivity index (χ2v) is 11.7. The molecule has 4 aromatic carbocycles. The van der Waals surface area contributed by atoms with Crippen LogP contribution in [0.1, 0.15) is 42.9 Å². The van der Waals surface area contributed by atoms with E-state index in [4.69, 9.17) is 4.99 Å². The van der Waals surface area contributed by atoms with Crippen LogP contribution in [0.2, 0.25) is 0 Å². The van der Waals surface area contributed by atoms with E-state index < -0.39 is 0 Å². The minimum Gasteiger partial charge on any atom is -0.385 e. The predicted octanol–water partition coefficient (Wildman–Crippen LogP) is 8.26. The van der Waals surface area contributed by atoms with Crippen molar-refractivity contribution in [1.29, 1.82) is 0 Å². The van der Waals surface area contributed by atoms with Crippen molar-refractivity contribution < 1.29 is 0 Å². The first-order chi connectivity index (χ1) is 21.0. The van der Waals surface area contributed by atoms with E-state index in [1.54, 1.807) is 0 Å². The maximum atomic E-state index is 5.27. The number of rotatable bonds is 13. The van der Waals surface area contributed by atoms with Crippen LogP contribution in [0.15, 0.2) is 126 Å². The summed E-state index contributed by atoms with van der Waals surface area (Å²) >= 11 is 0. The summed E-state index contributed by atoms with van der Waals surface area (Å²) in [6.45, 7) is 7.31. The molecular weight excluding hydrogens is 526 g/mol. The molecule has 1 heterocycles. The van der Waals surface area contributed by atoms with Crippen LogP contribution in [-0.2, 0) is 6.54 Å². The number of para-hydroxylation sites is 1. The Morgan fingerprint density at radius 3 is 2.09 bits per heavy atom. The van der Waals surface area contributed by atoms with Crippen LogP contribution in [0.4, 0.5) is 11.4 Å². The minimum atomic E-state index is 0.0539. The molecule has 0 spiro atoms. The third kappa shape index (κ3) is 7.94. The number of anilines is 1. The lowest BCUT2D eigenvalue weighted by molar-refractivity contribution is 0.381. The van der Waals surface area contributed by atoms with Gasteiger partial charge in [-0.25, -0.2) is 4.99 Å². The van der Waals surface area contributed by atoms with Crippen LogP contribution < -0.4 is 10.2 Å². The molecule has 43 heavy (non-hydrogen) atoms. The van der Waals surface area contributed by atoms with Crippen molar-refractivity contribution in [3.8, 4) is 11.1 Å². The number of aliphatic imine (C=N–C) groups is 1. The Labute approximate surface area is 258 Å². The minimum absolute atomic E-state index is 0.0539. The number of guanidine groups is 1. The first-order valence-electron chi connectivity index (χ1n) is 15.4. The quantitative estimate of drug-likeness (QED) is 0.164. The molecule has 1 N–H and O–H groups in total. The summed E-state index contributed by atoms with van der Waals surface area (Å²) < 4.78 is 0. The molecule has 0 aromatic heterocycles. The second-order valence-electron chi connectivity index (χ2n) is 11.7. The molecule has 5 heteroatoms. The van der Waals surface area contributed by atoms with E-state index in [-0.39, 0.29) is 6.04 Å². The summed E-state index contributed by atoms with van der Waals surface area (Å²) in [5.74, 6) is 0.986. The van der Waals surface area contributed by atoms with Crippen LogP contribution >= 0.6 is 0 Å². The van der Waals surface area contributed by atoms with Gasteiger partial charge >= 0.3 is 0 Å². The van der Waals surface area contributed by atoms with Gasteiger partial charge in [-0.05, 0) is 68.4 Å². The van der Waals surface area contributed by atoms with Gasteiger partial charge in [-0.1, -0.05) is 104 Å². The molecule has 0 aliphatic carbocycles. The van der Waals surface area contributed by atoms with Crippen molar-refractivity contribution in [2.24, 2.45) is 4.99 Å². The summed E-state index contributed by atoms with van der Waals surface area (Å²) in [5, 5.41) is 3.60. The van der Waals surface area contributed by atoms with Gasteiger partial charge in [0.1, 0.15) is 0 Å². The van der Waals surface area contributed by atoms with E-state index in [1.165, 1.54) is 35.1 Å². The van der Waals surface area contributed by atoms with Crippen molar-refractivity contribution in [2.45, 2.75) is 38.3 Å². The highest BCUT2D eigenvalue weighted by atomic mass is 15.4. The maximum absolute atomic E-state index is 5.27. The van der Waals surface area contributed by atoms with E-state index in [2.05, 4.69) is 157 Å². The molecule has 1 aliphatic heterocycles. The number of hydrogen-bond donors (Lipinski definition) is 1. The average molecular weight is 572 g/mol. The zero-order valence-corrected chi connectivity index (χ0v) is 25.9. The number of fused-ring (bicyclic) bond motifs is 1. The van der Waals surface area contributed by atoms with Crippen molar-refractivity contribution in [1.82, 2.24) is 15.1 Å². The van der Waals surface area contributed by atoms with E-state index in [9.17, 15) is 0 Å². The van der Waals surface area contributed by atoms with E-state index in [1.807, 2.05) is 0 Å². The van der Waals surface area contributed by atoms with Gasteiger partial charge in [0.15, 0.2) is 0 Å². The van der Waals surface area contributed by atoms with Crippen LogP contribution in [-0.4, -0.2) is 50.0 Å². The van der Waals surface area contributed by atoms with Crippen molar-refractivity contribution in [3.63, 3.8) is 0 Å². The number of benzene rings is 4. The topological polar surface area (TPSA) is 34.1 Å². The van der Waals surface area contributed by atoms with Gasteiger partial charge in [-0.15, -0.1) is 0 Å². The normalized spacial score (nSPS) is 14.3. The lowest BCUT2D eigenvalue weighted by Gasteiger charge is -2.42. The Bertz CT molecular complexity index is 1480. The molecular formula is C38H45N5. The van der Waals surface area contributed by atoms with Crippen LogP contribution in [0.5, 0.6) is 0 Å². The van der Waals surface area contributed by atoms with Crippen LogP contribution in [0, 0.1) is 0 Å². The smallest absolute Gasteiger partial charge is 0.206 e. The van der Waals surface area contributed by atoms with Gasteiger partial charge in [-0.3, -0.25) is 0 Å². The molecule has 0 radical (unpaired) electrons. The Balaban J connectivity index is 1.44. The molecule has 0 fully saturated rings. The van der Waals surface area contributed by atoms with Crippen molar-refractivity contribution in [3.05, 3.63) is 133 Å². The molecule has 4 aromatic rings. The maximum Gasteiger partial charge on any atom is 0.206 e. The summed E-state index contributed by atoms with van der Waals surface area (Å²) in [6.07, 6.45) is 4.29. The SMILES string of the molecule is C=C(CC1c2ccccc2N=C(N(C)CCCCCN(C)C)N1c1ccc(-c2ccccc2)cc1)NCc1ccccc1. The first kappa shape index (κ1) is 30.1. The highest BCUT2D eigenvalue weighted by Crippen LogP contribution is 2.41. The van der Waals surface area contributed by atoms with Gasteiger partial charge in [-0.2, -0.15) is 0 Å². The Morgan fingerprint density at radius 2 is 1.37 bits per heavy atom. The van der Waals surface area contributed by atoms with Crippen molar-refractivity contribution in [2.75, 3.05) is 39.1 Å². The Morgan fingerprint density at radius 1 is 0.744 bits per heavy atom. The zero-order valence-electron chi connectivity index (χ0n) is 25.9. The van der Waals surface area contributed by atoms with Gasteiger partial charge in [0, 0.05) is 43.5 Å². The summed E-state index contributed by atoms with van der Waals surface area (Å²) in [6, 6.07) is 38.6. The monoisotopic (exact) mass is 571 g/mol. The van der Waals surface area contributed by atoms with Gasteiger partial charge in [0.25, 0.3) is 0 Å². The highest BCUT2D eigenvalue weighted by Gasteiger charge is 2.33. The number of nitrogens with zero attached hydrogens (tertiary/aromatic N) is 4. The molecule has 0 saturated carbocycles. The second kappa shape index (κ2) is 14.7. The Hall–Kier alpha value is -4.35. The predicted molar refractivity (Wildman–Crippen MR) is 183 cm³/mol. The molecule has 5 nitrogen and oxygen atoms in total. The van der Waals surface area contributed by atoms with Crippen LogP contribution in [0.25, 0.3) is 11.1 Å². The molecule has 5 rings (SSSR count). The lowest BCUT2D eigenvalue weighted by atomic mass is 9.96. The fourth-order valence-corrected chi connectivity index (χ4v) is 5.70. The molecule has 1 unspecified atom stereocenters. The highest BCUT2D eigenvalue weighted by molar-refractivity contribution is 6.00. The fourth-order valence-electron chi connectivity index (χ4n) is 5.70. The van der Waals surface area contributed by atoms with Gasteiger partial charge in [0.2, 0.25) is 5.96 Å². The molecule has 1 atom stereocenters. The standard InChI is InChI=1S/C38H45N5/c1-30(39-29-31-16-8-5-9-17-31)28-37-35-20-12-13-21-36(35)40-38(42(4)27-15-7-14-26-41(2)3)43(37)34-24-22-33(23-25-34)32-18-10-6-11-19-32/h5-6,8-13,16-25,37,39H,1,7,14-15,26-29H2,2-4H3. The summed E-state index contributed by atoms with van der Waals surface area (Å²) in [7, 11) is 6.47. The molecule has 0 saturated heterocycles. The average Bonchev–Trinajstić information content (AvgIpc) is 3.04. The first-order valence-corrected chi connectivity index (χ1v) is 15.4. The molecule has 1 aliphatic rings. The van der Waals surface area contributed by atoms with Gasteiger partial charge < -0.3 is 20.0 Å². The van der Waals surface area contributed by atoms with E-state index in [0.29, 0.717) is 0 Å². The largest absolute Gasteiger partial charge is 0.385 e. The number of unbranched alkanes of at least 4 members (excludes halogenated alkanes) is 2. The summed E-state index contributed by atoms with van der Waals surface area (Å²) in [5.41, 5.74) is 8.08. The molecule has 0 amide bonds. The van der Waals surface area contributed by atoms with E-state index >= 15 is 0 Å². The third-order valence-corrected chi connectivity index (χ3v) is 8.06. The van der Waals surface area contributed by atoms with Gasteiger partial charge in [0.05, 0.1) is 11.7 Å². The fraction of sp³-hybridized carbons (Fsp3) is 0.289. The number of nitrogens with one attached hydrogen (secondary N) is 1. The third-order valence-electron chi connectivity index (χ3n) is 8.06. The van der Waals surface area contributed by atoms with E-state index in [0.717, 1.165) is 55.5 Å². The zero-order chi connectivity index (χ0) is 30.0. The number of hydrogen-bond acceptors (Lipinski definition) is 5. The lowest BCUT2D eigenvalue weighted by Crippen LogP contribution is -2.47. The summed E-state index contributed by atoms with van der Waals surface area (Å²) in [4.78, 5) is 12.3. The Kier molecular flexibility index (Phi) is 10.3. The van der Waals surface area contributed by atoms with Crippen molar-refractivity contribution >= 4 is 17.3 Å². The molecule has 222 valence electrons. The van der Waals surface area contributed by atoms with Crippen LogP contribution in [0.3, 0.4) is 0 Å².